The minimum Gasteiger partial charge on any atom is -0.307 e. The lowest BCUT2D eigenvalue weighted by Crippen LogP contribution is -2.15. The van der Waals surface area contributed by atoms with Crippen LogP contribution in [-0.4, -0.2) is 29.0 Å². The first-order valence-electron chi connectivity index (χ1n) is 4.87. The van der Waals surface area contributed by atoms with Gasteiger partial charge in [-0.1, -0.05) is 0 Å². The molecule has 1 aromatic rings. The Hall–Kier alpha value is -1.00. The van der Waals surface area contributed by atoms with Crippen LogP contribution in [0.1, 0.15) is 22.8 Å². The quantitative estimate of drug-likeness (QED) is 0.738. The minimum absolute atomic E-state index is 0.814. The predicted molar refractivity (Wildman–Crippen MR) is 54.7 cm³/mol. The molecule has 0 bridgehead atoms. The Morgan fingerprint density at radius 3 is 2.79 bits per heavy atom. The Kier molecular flexibility index (Phi) is 2.48. The molecular formula is C10H16N4. The molecule has 0 aliphatic carbocycles. The monoisotopic (exact) mass is 192 g/mol. The van der Waals surface area contributed by atoms with E-state index in [1.54, 1.807) is 0 Å². The number of nitrogens with one attached hydrogen (secondary N) is 1. The number of hydrogen-bond acceptors (Lipinski definition) is 4. The average Bonchev–Trinajstić information content (AvgIpc) is 2.50. The van der Waals surface area contributed by atoms with Crippen LogP contribution in [0.15, 0.2) is 0 Å². The molecule has 0 atom stereocenters. The van der Waals surface area contributed by atoms with Gasteiger partial charge in [0.25, 0.3) is 0 Å². The zero-order valence-electron chi connectivity index (χ0n) is 8.96. The van der Waals surface area contributed by atoms with Crippen LogP contribution in [0.3, 0.4) is 0 Å². The van der Waals surface area contributed by atoms with Crippen LogP contribution in [0.2, 0.25) is 0 Å². The molecule has 1 N–H and O–H groups in total. The third-order valence-electron chi connectivity index (χ3n) is 2.40. The summed E-state index contributed by atoms with van der Waals surface area (Å²) in [6, 6.07) is 0. The Labute approximate surface area is 84.4 Å². The largest absolute Gasteiger partial charge is 0.307 e. The summed E-state index contributed by atoms with van der Waals surface area (Å²) < 4.78 is 0. The number of fused-ring (bicyclic) bond motifs is 1. The van der Waals surface area contributed by atoms with Gasteiger partial charge >= 0.3 is 0 Å². The molecule has 1 aliphatic rings. The highest BCUT2D eigenvalue weighted by Gasteiger charge is 2.16. The van der Waals surface area contributed by atoms with E-state index in [1.807, 2.05) is 14.1 Å². The summed E-state index contributed by atoms with van der Waals surface area (Å²) in [7, 11) is 4.06. The van der Waals surface area contributed by atoms with Crippen molar-refractivity contribution >= 4 is 0 Å². The van der Waals surface area contributed by atoms with E-state index < -0.39 is 0 Å². The number of nitrogens with zero attached hydrogens (tertiary/aromatic N) is 3. The maximum absolute atomic E-state index is 4.54. The molecule has 0 unspecified atom stereocenters. The van der Waals surface area contributed by atoms with Gasteiger partial charge in [0.15, 0.2) is 0 Å². The van der Waals surface area contributed by atoms with Crippen LogP contribution in [0.5, 0.6) is 0 Å². The third kappa shape index (κ3) is 1.76. The molecule has 1 aromatic heterocycles. The third-order valence-corrected chi connectivity index (χ3v) is 2.40. The molecule has 0 saturated heterocycles. The smallest absolute Gasteiger partial charge is 0.142 e. The Morgan fingerprint density at radius 1 is 1.29 bits per heavy atom. The van der Waals surface area contributed by atoms with Crippen molar-refractivity contribution in [1.82, 2.24) is 20.2 Å². The summed E-state index contributed by atoms with van der Waals surface area (Å²) in [5.74, 6) is 0.926. The van der Waals surface area contributed by atoms with E-state index in [1.165, 1.54) is 11.3 Å². The summed E-state index contributed by atoms with van der Waals surface area (Å²) in [6.45, 7) is 4.68. The molecule has 0 aromatic carbocycles. The second kappa shape index (κ2) is 3.63. The fourth-order valence-electron chi connectivity index (χ4n) is 1.75. The van der Waals surface area contributed by atoms with Crippen molar-refractivity contribution in [2.24, 2.45) is 0 Å². The molecule has 2 rings (SSSR count). The molecule has 2 heterocycles. The number of aryl methyl sites for hydroxylation is 1. The van der Waals surface area contributed by atoms with Gasteiger partial charge in [-0.2, -0.15) is 0 Å². The van der Waals surface area contributed by atoms with Crippen LogP contribution in [0.25, 0.3) is 0 Å². The summed E-state index contributed by atoms with van der Waals surface area (Å²) in [5.41, 5.74) is 3.58. The van der Waals surface area contributed by atoms with E-state index in [2.05, 4.69) is 27.1 Å². The summed E-state index contributed by atoms with van der Waals surface area (Å²) >= 11 is 0. The highest BCUT2D eigenvalue weighted by molar-refractivity contribution is 5.28. The van der Waals surface area contributed by atoms with Crippen molar-refractivity contribution in [2.45, 2.75) is 26.6 Å². The van der Waals surface area contributed by atoms with Gasteiger partial charge in [0, 0.05) is 24.3 Å². The van der Waals surface area contributed by atoms with Gasteiger partial charge in [-0.3, -0.25) is 0 Å². The maximum atomic E-state index is 4.54. The van der Waals surface area contributed by atoms with Gasteiger partial charge < -0.3 is 10.2 Å². The fraction of sp³-hybridized carbons (Fsp3) is 0.600. The molecule has 0 fully saturated rings. The van der Waals surface area contributed by atoms with Crippen LogP contribution in [0, 0.1) is 6.92 Å². The second-order valence-corrected chi connectivity index (χ2v) is 3.99. The number of aromatic nitrogens is 2. The highest BCUT2D eigenvalue weighted by atomic mass is 15.1. The van der Waals surface area contributed by atoms with Gasteiger partial charge in [0.2, 0.25) is 0 Å². The Bertz CT molecular complexity index is 346. The molecule has 0 amide bonds. The molecule has 76 valence electrons. The first-order chi connectivity index (χ1) is 6.66. The van der Waals surface area contributed by atoms with Gasteiger partial charge in [-0.05, 0) is 21.0 Å². The van der Waals surface area contributed by atoms with Crippen LogP contribution < -0.4 is 5.32 Å². The van der Waals surface area contributed by atoms with E-state index in [0.29, 0.717) is 0 Å². The summed E-state index contributed by atoms with van der Waals surface area (Å²) in [5, 5.41) is 3.29. The van der Waals surface area contributed by atoms with E-state index in [0.717, 1.165) is 31.2 Å². The highest BCUT2D eigenvalue weighted by Crippen LogP contribution is 2.16. The fourth-order valence-corrected chi connectivity index (χ4v) is 1.75. The number of hydrogen-bond donors (Lipinski definition) is 1. The zero-order chi connectivity index (χ0) is 10.1. The molecular weight excluding hydrogens is 176 g/mol. The second-order valence-electron chi connectivity index (χ2n) is 3.99. The molecule has 14 heavy (non-hydrogen) atoms. The van der Waals surface area contributed by atoms with E-state index in [-0.39, 0.29) is 0 Å². The van der Waals surface area contributed by atoms with Crippen molar-refractivity contribution in [3.63, 3.8) is 0 Å². The number of rotatable bonds is 2. The van der Waals surface area contributed by atoms with Gasteiger partial charge in [-0.15, -0.1) is 0 Å². The summed E-state index contributed by atoms with van der Waals surface area (Å²) in [4.78, 5) is 11.1. The van der Waals surface area contributed by atoms with Gasteiger partial charge in [0.1, 0.15) is 5.82 Å². The van der Waals surface area contributed by atoms with Crippen molar-refractivity contribution in [2.75, 3.05) is 14.1 Å². The standard InChI is InChI=1S/C10H16N4/c1-7-8-4-11-5-9(8)13-10(12-7)6-14(2)3/h11H,4-6H2,1-3H3. The lowest BCUT2D eigenvalue weighted by Gasteiger charge is -2.10. The van der Waals surface area contributed by atoms with Crippen LogP contribution in [-0.2, 0) is 19.6 Å². The first-order valence-corrected chi connectivity index (χ1v) is 4.87. The Balaban J connectivity index is 2.32. The molecule has 0 spiro atoms. The van der Waals surface area contributed by atoms with Gasteiger partial charge in [-0.25, -0.2) is 9.97 Å². The SMILES string of the molecule is Cc1nc(CN(C)C)nc2c1CNC2. The molecule has 4 nitrogen and oxygen atoms in total. The molecule has 0 saturated carbocycles. The molecule has 4 heteroatoms. The first kappa shape index (κ1) is 9.55. The van der Waals surface area contributed by atoms with Crippen LogP contribution in [0.4, 0.5) is 0 Å². The molecule has 0 radical (unpaired) electrons. The van der Waals surface area contributed by atoms with Gasteiger partial charge in [0.05, 0.1) is 12.2 Å². The van der Waals surface area contributed by atoms with Crippen molar-refractivity contribution < 1.29 is 0 Å². The van der Waals surface area contributed by atoms with Crippen molar-refractivity contribution in [3.8, 4) is 0 Å². The minimum atomic E-state index is 0.814. The van der Waals surface area contributed by atoms with Crippen LogP contribution >= 0.6 is 0 Å². The zero-order valence-corrected chi connectivity index (χ0v) is 8.96. The Morgan fingerprint density at radius 2 is 2.07 bits per heavy atom. The van der Waals surface area contributed by atoms with Crippen molar-refractivity contribution in [3.05, 3.63) is 22.8 Å². The molecule has 1 aliphatic heterocycles. The van der Waals surface area contributed by atoms with E-state index >= 15 is 0 Å². The topological polar surface area (TPSA) is 41.1 Å². The normalized spacial score (nSPS) is 14.9. The van der Waals surface area contributed by atoms with E-state index in [4.69, 9.17) is 0 Å². The van der Waals surface area contributed by atoms with E-state index in [9.17, 15) is 0 Å². The lowest BCUT2D eigenvalue weighted by atomic mass is 10.2. The maximum Gasteiger partial charge on any atom is 0.142 e. The van der Waals surface area contributed by atoms with Crippen molar-refractivity contribution in [1.29, 1.82) is 0 Å². The lowest BCUT2D eigenvalue weighted by molar-refractivity contribution is 0.389. The average molecular weight is 192 g/mol. The summed E-state index contributed by atoms with van der Waals surface area (Å²) in [6.07, 6.45) is 0. The predicted octanol–water partition coefficient (Wildman–Crippen LogP) is 0.450.